The molecule has 3 N–H and O–H groups in total. The SMILES string of the molecule is O=C(CNc1ccccc1)N/N=C\c1cc(Cl)cc([N+](=O)[O-])c1O. The summed E-state index contributed by atoms with van der Waals surface area (Å²) in [5, 5.41) is 27.2. The molecular weight excluding hydrogens is 336 g/mol. The predicted octanol–water partition coefficient (Wildman–Crippen LogP) is 2.52. The molecule has 2 aromatic rings. The minimum Gasteiger partial charge on any atom is -0.502 e. The molecule has 0 atom stereocenters. The first-order valence-corrected chi connectivity index (χ1v) is 7.13. The minimum atomic E-state index is -0.763. The number of phenolic OH excluding ortho intramolecular Hbond substituents is 1. The molecular formula is C15H13ClN4O4. The molecule has 2 aromatic carbocycles. The summed E-state index contributed by atoms with van der Waals surface area (Å²) in [6, 6.07) is 11.4. The molecule has 0 radical (unpaired) electrons. The van der Waals surface area contributed by atoms with Crippen LogP contribution in [-0.2, 0) is 4.79 Å². The van der Waals surface area contributed by atoms with Crippen molar-refractivity contribution in [3.63, 3.8) is 0 Å². The van der Waals surface area contributed by atoms with Gasteiger partial charge in [-0.1, -0.05) is 29.8 Å². The summed E-state index contributed by atoms with van der Waals surface area (Å²) in [6.07, 6.45) is 1.08. The van der Waals surface area contributed by atoms with Gasteiger partial charge in [0.2, 0.25) is 5.75 Å². The van der Waals surface area contributed by atoms with Crippen LogP contribution in [0.25, 0.3) is 0 Å². The van der Waals surface area contributed by atoms with E-state index >= 15 is 0 Å². The van der Waals surface area contributed by atoms with E-state index in [1.165, 1.54) is 6.07 Å². The van der Waals surface area contributed by atoms with Crippen LogP contribution in [0.1, 0.15) is 5.56 Å². The summed E-state index contributed by atoms with van der Waals surface area (Å²) in [5.74, 6) is -1.00. The molecule has 124 valence electrons. The minimum absolute atomic E-state index is 0.0109. The Morgan fingerprint density at radius 2 is 2.04 bits per heavy atom. The molecule has 24 heavy (non-hydrogen) atoms. The maximum atomic E-state index is 11.6. The van der Waals surface area contributed by atoms with Crippen LogP contribution in [0.2, 0.25) is 5.02 Å². The molecule has 0 fully saturated rings. The average molecular weight is 349 g/mol. The third kappa shape index (κ3) is 4.68. The van der Waals surface area contributed by atoms with Crippen LogP contribution in [0.3, 0.4) is 0 Å². The number of carbonyl (C=O) groups is 1. The monoisotopic (exact) mass is 348 g/mol. The van der Waals surface area contributed by atoms with Crippen LogP contribution in [-0.4, -0.2) is 28.7 Å². The van der Waals surface area contributed by atoms with Crippen molar-refractivity contribution in [2.45, 2.75) is 0 Å². The number of aromatic hydroxyl groups is 1. The molecule has 9 heteroatoms. The van der Waals surface area contributed by atoms with E-state index < -0.39 is 22.3 Å². The number of hydrogen-bond acceptors (Lipinski definition) is 6. The van der Waals surface area contributed by atoms with Gasteiger partial charge in [0.05, 0.1) is 17.7 Å². The number of hydrogen-bond donors (Lipinski definition) is 3. The van der Waals surface area contributed by atoms with E-state index in [4.69, 9.17) is 11.6 Å². The first kappa shape index (κ1) is 17.2. The number of amides is 1. The summed E-state index contributed by atoms with van der Waals surface area (Å²) in [4.78, 5) is 21.7. The zero-order valence-corrected chi connectivity index (χ0v) is 13.0. The molecule has 0 saturated heterocycles. The van der Waals surface area contributed by atoms with Gasteiger partial charge < -0.3 is 10.4 Å². The number of nitrogens with one attached hydrogen (secondary N) is 2. The van der Waals surface area contributed by atoms with Gasteiger partial charge in [-0.15, -0.1) is 0 Å². The lowest BCUT2D eigenvalue weighted by Gasteiger charge is -2.05. The van der Waals surface area contributed by atoms with Crippen molar-refractivity contribution >= 4 is 35.1 Å². The van der Waals surface area contributed by atoms with Crippen molar-refractivity contribution in [3.8, 4) is 5.75 Å². The lowest BCUT2D eigenvalue weighted by molar-refractivity contribution is -0.385. The number of nitro groups is 1. The van der Waals surface area contributed by atoms with Crippen LogP contribution in [0, 0.1) is 10.1 Å². The summed E-state index contributed by atoms with van der Waals surface area (Å²) in [7, 11) is 0. The van der Waals surface area contributed by atoms with Crippen molar-refractivity contribution in [2.75, 3.05) is 11.9 Å². The second kappa shape index (κ2) is 7.93. The lowest BCUT2D eigenvalue weighted by atomic mass is 10.2. The van der Waals surface area contributed by atoms with Crippen molar-refractivity contribution in [1.82, 2.24) is 5.43 Å². The van der Waals surface area contributed by atoms with E-state index in [1.807, 2.05) is 18.2 Å². The highest BCUT2D eigenvalue weighted by Gasteiger charge is 2.17. The first-order chi connectivity index (χ1) is 11.5. The number of para-hydroxylation sites is 1. The van der Waals surface area contributed by atoms with Gasteiger partial charge in [0.15, 0.2) is 0 Å². The predicted molar refractivity (Wildman–Crippen MR) is 90.4 cm³/mol. The smallest absolute Gasteiger partial charge is 0.312 e. The van der Waals surface area contributed by atoms with Gasteiger partial charge in [-0.3, -0.25) is 14.9 Å². The molecule has 0 unspecified atom stereocenters. The molecule has 0 heterocycles. The number of anilines is 1. The maximum Gasteiger partial charge on any atom is 0.312 e. The van der Waals surface area contributed by atoms with E-state index in [0.717, 1.165) is 18.0 Å². The maximum absolute atomic E-state index is 11.6. The number of nitro benzene ring substituents is 1. The molecule has 0 aromatic heterocycles. The Hall–Kier alpha value is -3.13. The van der Waals surface area contributed by atoms with Gasteiger partial charge in [-0.25, -0.2) is 5.43 Å². The summed E-state index contributed by atoms with van der Waals surface area (Å²) >= 11 is 5.75. The van der Waals surface area contributed by atoms with Gasteiger partial charge in [0.1, 0.15) is 0 Å². The number of hydrazone groups is 1. The van der Waals surface area contributed by atoms with Gasteiger partial charge in [0, 0.05) is 22.3 Å². The Balaban J connectivity index is 1.96. The first-order valence-electron chi connectivity index (χ1n) is 6.75. The van der Waals surface area contributed by atoms with E-state index in [1.54, 1.807) is 12.1 Å². The Kier molecular flexibility index (Phi) is 5.69. The Morgan fingerprint density at radius 1 is 1.33 bits per heavy atom. The van der Waals surface area contributed by atoms with E-state index in [9.17, 15) is 20.0 Å². The van der Waals surface area contributed by atoms with Crippen LogP contribution in [0.5, 0.6) is 5.75 Å². The van der Waals surface area contributed by atoms with Crippen LogP contribution < -0.4 is 10.7 Å². The second-order valence-electron chi connectivity index (χ2n) is 4.63. The summed E-state index contributed by atoms with van der Waals surface area (Å²) in [6.45, 7) is -0.0109. The van der Waals surface area contributed by atoms with Crippen molar-refractivity contribution < 1.29 is 14.8 Å². The third-order valence-corrected chi connectivity index (χ3v) is 3.12. The number of carbonyl (C=O) groups excluding carboxylic acids is 1. The van der Waals surface area contributed by atoms with Crippen molar-refractivity contribution in [2.24, 2.45) is 5.10 Å². The largest absolute Gasteiger partial charge is 0.502 e. The molecule has 8 nitrogen and oxygen atoms in total. The van der Waals surface area contributed by atoms with E-state index in [0.29, 0.717) is 0 Å². The van der Waals surface area contributed by atoms with E-state index in [-0.39, 0.29) is 17.1 Å². The fourth-order valence-electron chi connectivity index (χ4n) is 1.79. The van der Waals surface area contributed by atoms with Gasteiger partial charge in [0.25, 0.3) is 5.91 Å². The molecule has 0 bridgehead atoms. The normalized spacial score (nSPS) is 10.5. The second-order valence-corrected chi connectivity index (χ2v) is 5.07. The zero-order valence-electron chi connectivity index (χ0n) is 12.3. The topological polar surface area (TPSA) is 117 Å². The van der Waals surface area contributed by atoms with Crippen LogP contribution >= 0.6 is 11.6 Å². The summed E-state index contributed by atoms with van der Waals surface area (Å²) in [5.41, 5.74) is 2.50. The molecule has 0 saturated carbocycles. The molecule has 1 amide bonds. The fourth-order valence-corrected chi connectivity index (χ4v) is 2.02. The number of nitrogens with zero attached hydrogens (tertiary/aromatic N) is 2. The highest BCUT2D eigenvalue weighted by atomic mass is 35.5. The summed E-state index contributed by atoms with van der Waals surface area (Å²) < 4.78 is 0. The highest BCUT2D eigenvalue weighted by molar-refractivity contribution is 6.31. The standard InChI is InChI=1S/C15H13ClN4O4/c16-11-6-10(15(22)13(7-11)20(23)24)8-18-19-14(21)9-17-12-4-2-1-3-5-12/h1-8,17,22H,9H2,(H,19,21)/b18-8-. The zero-order chi connectivity index (χ0) is 17.5. The molecule has 0 aliphatic heterocycles. The van der Waals surface area contributed by atoms with Crippen LogP contribution in [0.15, 0.2) is 47.6 Å². The Bertz CT molecular complexity index is 781. The highest BCUT2D eigenvalue weighted by Crippen LogP contribution is 2.32. The fraction of sp³-hybridized carbons (Fsp3) is 0.0667. The van der Waals surface area contributed by atoms with Gasteiger partial charge >= 0.3 is 5.69 Å². The number of benzene rings is 2. The van der Waals surface area contributed by atoms with E-state index in [2.05, 4.69) is 15.8 Å². The quantitative estimate of drug-likeness (QED) is 0.421. The average Bonchev–Trinajstić information content (AvgIpc) is 2.56. The number of rotatable bonds is 6. The molecule has 0 aliphatic carbocycles. The number of phenols is 1. The molecule has 0 spiro atoms. The third-order valence-electron chi connectivity index (χ3n) is 2.90. The van der Waals surface area contributed by atoms with Gasteiger partial charge in [-0.2, -0.15) is 5.10 Å². The Labute approximate surface area is 141 Å². The van der Waals surface area contributed by atoms with Crippen LogP contribution in [0.4, 0.5) is 11.4 Å². The molecule has 2 rings (SSSR count). The lowest BCUT2D eigenvalue weighted by Crippen LogP contribution is -2.25. The molecule has 0 aliphatic rings. The Morgan fingerprint density at radius 3 is 2.71 bits per heavy atom. The van der Waals surface area contributed by atoms with Crippen molar-refractivity contribution in [1.29, 1.82) is 0 Å². The van der Waals surface area contributed by atoms with Gasteiger partial charge in [-0.05, 0) is 18.2 Å². The van der Waals surface area contributed by atoms with Crippen molar-refractivity contribution in [3.05, 3.63) is 63.2 Å². The number of halogens is 1.